The molecule has 2 bridgehead atoms. The van der Waals surface area contributed by atoms with Crippen LogP contribution in [-0.2, 0) is 0 Å². The second kappa shape index (κ2) is 5.76. The van der Waals surface area contributed by atoms with Crippen molar-refractivity contribution in [2.45, 2.75) is 43.1 Å². The van der Waals surface area contributed by atoms with Crippen LogP contribution < -0.4 is 4.74 Å². The van der Waals surface area contributed by atoms with Gasteiger partial charge in [0.1, 0.15) is 11.6 Å². The van der Waals surface area contributed by atoms with Crippen LogP contribution in [0.5, 0.6) is 5.75 Å². The Balaban J connectivity index is 1.76. The van der Waals surface area contributed by atoms with Crippen LogP contribution in [0.3, 0.4) is 0 Å². The lowest BCUT2D eigenvalue weighted by Crippen LogP contribution is -2.25. The summed E-state index contributed by atoms with van der Waals surface area (Å²) in [5.74, 6) is 0.0104. The smallest absolute Gasteiger partial charge is 0.168 e. The van der Waals surface area contributed by atoms with Crippen molar-refractivity contribution in [2.24, 2.45) is 5.92 Å². The Labute approximate surface area is 123 Å². The third kappa shape index (κ3) is 2.71. The number of Topliss-reactive ketones (excluding diaryl/α,β-unsaturated/α-hetero) is 1. The molecule has 2 fully saturated rings. The van der Waals surface area contributed by atoms with Gasteiger partial charge in [0.05, 0.1) is 12.2 Å². The second-order valence-corrected chi connectivity index (χ2v) is 7.17. The highest BCUT2D eigenvalue weighted by Crippen LogP contribution is 2.46. The van der Waals surface area contributed by atoms with Gasteiger partial charge in [0.25, 0.3) is 0 Å². The molecule has 4 heteroatoms. The molecule has 1 aromatic carbocycles. The van der Waals surface area contributed by atoms with Crippen LogP contribution in [0.4, 0.5) is 4.39 Å². The monoisotopic (exact) mass is 294 g/mol. The molecule has 0 aliphatic carbocycles. The number of ether oxygens (including phenoxy) is 1. The standard InChI is InChI=1S/C16H19FO2S/c1-2-19-11-3-6-14(15(17)9-11)16(18)10-7-12-4-5-13(8-10)20-12/h3,6,9-10,12-13H,2,4-5,7-8H2,1H3. The molecule has 0 N–H and O–H groups in total. The minimum atomic E-state index is -0.452. The van der Waals surface area contributed by atoms with Gasteiger partial charge < -0.3 is 4.74 Å². The van der Waals surface area contributed by atoms with Gasteiger partial charge >= 0.3 is 0 Å². The van der Waals surface area contributed by atoms with Gasteiger partial charge in [-0.05, 0) is 44.7 Å². The summed E-state index contributed by atoms with van der Waals surface area (Å²) >= 11 is 2.02. The number of rotatable bonds is 4. The number of benzene rings is 1. The van der Waals surface area contributed by atoms with Crippen LogP contribution in [0.15, 0.2) is 18.2 Å². The maximum absolute atomic E-state index is 14.1. The van der Waals surface area contributed by atoms with Crippen molar-refractivity contribution in [3.63, 3.8) is 0 Å². The number of ketones is 1. The zero-order valence-corrected chi connectivity index (χ0v) is 12.4. The molecule has 0 spiro atoms. The first-order valence-electron chi connectivity index (χ1n) is 7.29. The maximum atomic E-state index is 14.1. The van der Waals surface area contributed by atoms with Gasteiger partial charge in [-0.2, -0.15) is 11.8 Å². The molecular formula is C16H19FO2S. The van der Waals surface area contributed by atoms with Crippen molar-refractivity contribution in [3.8, 4) is 5.75 Å². The Hall–Kier alpha value is -1.03. The van der Waals surface area contributed by atoms with Gasteiger partial charge in [-0.1, -0.05) is 0 Å². The van der Waals surface area contributed by atoms with E-state index in [0.717, 1.165) is 12.8 Å². The normalized spacial score (nSPS) is 28.4. The number of hydrogen-bond donors (Lipinski definition) is 0. The molecule has 2 saturated heterocycles. The van der Waals surface area contributed by atoms with Crippen molar-refractivity contribution in [3.05, 3.63) is 29.6 Å². The van der Waals surface area contributed by atoms with E-state index in [1.165, 1.54) is 18.9 Å². The predicted molar refractivity (Wildman–Crippen MR) is 79.0 cm³/mol. The molecule has 2 nitrogen and oxygen atoms in total. The number of thioether (sulfide) groups is 1. The first kappa shape index (κ1) is 13.9. The quantitative estimate of drug-likeness (QED) is 0.783. The SMILES string of the molecule is CCOc1ccc(C(=O)C2CC3CCC(C2)S3)c(F)c1. The zero-order valence-electron chi connectivity index (χ0n) is 11.6. The van der Waals surface area contributed by atoms with Gasteiger partial charge in [0.2, 0.25) is 0 Å². The van der Waals surface area contributed by atoms with Crippen molar-refractivity contribution < 1.29 is 13.9 Å². The molecule has 0 aromatic heterocycles. The van der Waals surface area contributed by atoms with Gasteiger partial charge in [-0.15, -0.1) is 0 Å². The molecular weight excluding hydrogens is 275 g/mol. The minimum Gasteiger partial charge on any atom is -0.494 e. The molecule has 0 amide bonds. The molecule has 2 unspecified atom stereocenters. The minimum absolute atomic E-state index is 0.00111. The van der Waals surface area contributed by atoms with E-state index in [4.69, 9.17) is 4.74 Å². The topological polar surface area (TPSA) is 26.3 Å². The summed E-state index contributed by atoms with van der Waals surface area (Å²) in [7, 11) is 0. The van der Waals surface area contributed by atoms with Gasteiger partial charge in [0, 0.05) is 22.5 Å². The summed E-state index contributed by atoms with van der Waals surface area (Å²) < 4.78 is 19.3. The molecule has 20 heavy (non-hydrogen) atoms. The third-order valence-electron chi connectivity index (χ3n) is 4.18. The van der Waals surface area contributed by atoms with E-state index < -0.39 is 5.82 Å². The summed E-state index contributed by atoms with van der Waals surface area (Å²) in [6.45, 7) is 2.35. The lowest BCUT2D eigenvalue weighted by atomic mass is 9.90. The second-order valence-electron chi connectivity index (χ2n) is 5.56. The number of carbonyl (C=O) groups excluding carboxylic acids is 1. The highest BCUT2D eigenvalue weighted by atomic mass is 32.2. The third-order valence-corrected chi connectivity index (χ3v) is 5.80. The number of halogens is 1. The first-order chi connectivity index (χ1) is 9.67. The van der Waals surface area contributed by atoms with Crippen molar-refractivity contribution in [2.75, 3.05) is 6.61 Å². The Morgan fingerprint density at radius 2 is 2.05 bits per heavy atom. The van der Waals surface area contributed by atoms with Crippen molar-refractivity contribution >= 4 is 17.5 Å². The van der Waals surface area contributed by atoms with E-state index in [1.807, 2.05) is 18.7 Å². The highest BCUT2D eigenvalue weighted by Gasteiger charge is 2.38. The Bertz CT molecular complexity index is 505. The molecule has 2 heterocycles. The summed E-state index contributed by atoms with van der Waals surface area (Å²) in [5.41, 5.74) is 0.227. The lowest BCUT2D eigenvalue weighted by Gasteiger charge is -2.26. The highest BCUT2D eigenvalue weighted by molar-refractivity contribution is 8.00. The van der Waals surface area contributed by atoms with E-state index in [2.05, 4.69) is 0 Å². The molecule has 2 aliphatic rings. The molecule has 2 atom stereocenters. The van der Waals surface area contributed by atoms with E-state index in [-0.39, 0.29) is 17.3 Å². The molecule has 3 rings (SSSR count). The van der Waals surface area contributed by atoms with Gasteiger partial charge in [-0.25, -0.2) is 4.39 Å². The van der Waals surface area contributed by atoms with Gasteiger partial charge in [-0.3, -0.25) is 4.79 Å². The Morgan fingerprint density at radius 3 is 2.65 bits per heavy atom. The van der Waals surface area contributed by atoms with Crippen LogP contribution in [0.2, 0.25) is 0 Å². The van der Waals surface area contributed by atoms with E-state index >= 15 is 0 Å². The summed E-state index contributed by atoms with van der Waals surface area (Å²) in [6, 6.07) is 4.58. The largest absolute Gasteiger partial charge is 0.494 e. The number of carbonyl (C=O) groups is 1. The average molecular weight is 294 g/mol. The van der Waals surface area contributed by atoms with Crippen molar-refractivity contribution in [1.29, 1.82) is 0 Å². The molecule has 0 saturated carbocycles. The van der Waals surface area contributed by atoms with Crippen LogP contribution in [0.1, 0.15) is 43.0 Å². The summed E-state index contributed by atoms with van der Waals surface area (Å²) in [4.78, 5) is 12.5. The van der Waals surface area contributed by atoms with E-state index in [9.17, 15) is 9.18 Å². The van der Waals surface area contributed by atoms with Crippen LogP contribution in [0, 0.1) is 11.7 Å². The van der Waals surface area contributed by atoms with Crippen LogP contribution in [-0.4, -0.2) is 22.9 Å². The van der Waals surface area contributed by atoms with E-state index in [0.29, 0.717) is 22.9 Å². The number of hydrogen-bond acceptors (Lipinski definition) is 3. The zero-order chi connectivity index (χ0) is 14.1. The van der Waals surface area contributed by atoms with Gasteiger partial charge in [0.15, 0.2) is 5.78 Å². The molecule has 1 aromatic rings. The number of fused-ring (bicyclic) bond motifs is 2. The maximum Gasteiger partial charge on any atom is 0.168 e. The fraction of sp³-hybridized carbons (Fsp3) is 0.562. The summed E-state index contributed by atoms with van der Waals surface area (Å²) in [6.07, 6.45) is 4.25. The summed E-state index contributed by atoms with van der Waals surface area (Å²) in [5, 5.41) is 1.21. The van der Waals surface area contributed by atoms with Crippen LogP contribution >= 0.6 is 11.8 Å². The fourth-order valence-electron chi connectivity index (χ4n) is 3.24. The fourth-order valence-corrected chi connectivity index (χ4v) is 5.02. The Morgan fingerprint density at radius 1 is 1.35 bits per heavy atom. The lowest BCUT2D eigenvalue weighted by molar-refractivity contribution is 0.0902. The molecule has 2 aliphatic heterocycles. The molecule has 108 valence electrons. The van der Waals surface area contributed by atoms with Crippen molar-refractivity contribution in [1.82, 2.24) is 0 Å². The Kier molecular flexibility index (Phi) is 4.01. The van der Waals surface area contributed by atoms with E-state index in [1.54, 1.807) is 12.1 Å². The molecule has 0 radical (unpaired) electrons. The average Bonchev–Trinajstić information content (AvgIpc) is 2.77. The van der Waals surface area contributed by atoms with Crippen LogP contribution in [0.25, 0.3) is 0 Å². The first-order valence-corrected chi connectivity index (χ1v) is 8.23. The predicted octanol–water partition coefficient (Wildman–Crippen LogP) is 4.08.